The molecule has 1 saturated heterocycles. The molecule has 2 N–H and O–H groups in total. The van der Waals surface area contributed by atoms with Crippen molar-refractivity contribution < 1.29 is 9.53 Å². The molecule has 1 aliphatic heterocycles. The Morgan fingerprint density at radius 1 is 1.12 bits per heavy atom. The normalized spacial score (nSPS) is 14.3. The summed E-state index contributed by atoms with van der Waals surface area (Å²) in [6, 6.07) is 16.1. The maximum atomic E-state index is 12.1. The average Bonchev–Trinajstić information content (AvgIpc) is 2.68. The first-order valence-corrected chi connectivity index (χ1v) is 9.18. The number of amides is 2. The second-order valence-electron chi connectivity index (χ2n) is 6.85. The second kappa shape index (κ2) is 8.72. The zero-order valence-corrected chi connectivity index (χ0v) is 15.5. The smallest absolute Gasteiger partial charge is 0.319 e. The van der Waals surface area contributed by atoms with Crippen LogP contribution in [0, 0.1) is 0 Å². The fourth-order valence-electron chi connectivity index (χ4n) is 2.98. The molecule has 0 aromatic heterocycles. The molecule has 2 amide bonds. The molecule has 0 unspecified atom stereocenters. The van der Waals surface area contributed by atoms with Gasteiger partial charge < -0.3 is 20.3 Å². The predicted molar refractivity (Wildman–Crippen MR) is 106 cm³/mol. The van der Waals surface area contributed by atoms with Crippen LogP contribution in [0.5, 0.6) is 0 Å². The zero-order valence-electron chi connectivity index (χ0n) is 15.5. The van der Waals surface area contributed by atoms with Crippen molar-refractivity contribution in [3.8, 4) is 0 Å². The van der Waals surface area contributed by atoms with E-state index in [9.17, 15) is 4.79 Å². The molecule has 26 heavy (non-hydrogen) atoms. The molecule has 1 fully saturated rings. The molecular weight excluding hydrogens is 326 g/mol. The average molecular weight is 353 g/mol. The molecule has 0 radical (unpaired) electrons. The first-order chi connectivity index (χ1) is 12.6. The van der Waals surface area contributed by atoms with E-state index in [0.29, 0.717) is 12.5 Å². The molecule has 0 spiro atoms. The summed E-state index contributed by atoms with van der Waals surface area (Å²) in [6.45, 7) is 8.19. The number of hydrogen-bond donors (Lipinski definition) is 2. The standard InChI is InChI=1S/C21H27N3O2/c1-16(2)18-4-3-5-19(14-18)23-21(25)22-15-17-6-8-20(9-7-17)24-10-12-26-13-11-24/h3-9,14,16H,10-13,15H2,1-2H3,(H2,22,23,25). The van der Waals surface area contributed by atoms with Gasteiger partial charge in [0.25, 0.3) is 0 Å². The van der Waals surface area contributed by atoms with Crippen LogP contribution in [0.3, 0.4) is 0 Å². The van der Waals surface area contributed by atoms with Gasteiger partial charge >= 0.3 is 6.03 Å². The van der Waals surface area contributed by atoms with E-state index in [4.69, 9.17) is 4.74 Å². The molecule has 0 aliphatic carbocycles. The molecule has 0 atom stereocenters. The number of rotatable bonds is 5. The molecule has 0 saturated carbocycles. The Kier molecular flexibility index (Phi) is 6.12. The lowest BCUT2D eigenvalue weighted by Crippen LogP contribution is -2.36. The lowest BCUT2D eigenvalue weighted by atomic mass is 10.0. The zero-order chi connectivity index (χ0) is 18.4. The minimum atomic E-state index is -0.192. The predicted octanol–water partition coefficient (Wildman–Crippen LogP) is 3.97. The first-order valence-electron chi connectivity index (χ1n) is 9.18. The minimum absolute atomic E-state index is 0.192. The molecule has 5 heteroatoms. The summed E-state index contributed by atoms with van der Waals surface area (Å²) in [7, 11) is 0. The minimum Gasteiger partial charge on any atom is -0.378 e. The van der Waals surface area contributed by atoms with Gasteiger partial charge in [0.1, 0.15) is 0 Å². The summed E-state index contributed by atoms with van der Waals surface area (Å²) in [5.74, 6) is 0.435. The number of nitrogens with zero attached hydrogens (tertiary/aromatic N) is 1. The van der Waals surface area contributed by atoms with Crippen molar-refractivity contribution in [2.75, 3.05) is 36.5 Å². The monoisotopic (exact) mass is 353 g/mol. The number of carbonyl (C=O) groups is 1. The Bertz CT molecular complexity index is 722. The van der Waals surface area contributed by atoms with Crippen molar-refractivity contribution in [2.45, 2.75) is 26.3 Å². The lowest BCUT2D eigenvalue weighted by molar-refractivity contribution is 0.122. The highest BCUT2D eigenvalue weighted by Gasteiger charge is 2.11. The maximum Gasteiger partial charge on any atom is 0.319 e. The molecule has 1 heterocycles. The number of benzene rings is 2. The Labute approximate surface area is 155 Å². The van der Waals surface area contributed by atoms with Gasteiger partial charge in [-0.25, -0.2) is 4.79 Å². The maximum absolute atomic E-state index is 12.1. The van der Waals surface area contributed by atoms with E-state index >= 15 is 0 Å². The van der Waals surface area contributed by atoms with Gasteiger partial charge in [0, 0.05) is 31.0 Å². The largest absolute Gasteiger partial charge is 0.378 e. The third-order valence-corrected chi connectivity index (χ3v) is 4.58. The third kappa shape index (κ3) is 4.99. The van der Waals surface area contributed by atoms with Gasteiger partial charge in [-0.2, -0.15) is 0 Å². The summed E-state index contributed by atoms with van der Waals surface area (Å²) in [5.41, 5.74) is 4.30. The molecule has 2 aromatic carbocycles. The number of carbonyl (C=O) groups excluding carboxylic acids is 1. The fourth-order valence-corrected chi connectivity index (χ4v) is 2.98. The van der Waals surface area contributed by atoms with Crippen molar-refractivity contribution in [3.05, 3.63) is 59.7 Å². The summed E-state index contributed by atoms with van der Waals surface area (Å²) in [6.07, 6.45) is 0. The van der Waals surface area contributed by atoms with Gasteiger partial charge in [0.2, 0.25) is 0 Å². The van der Waals surface area contributed by atoms with E-state index in [0.717, 1.165) is 37.6 Å². The summed E-state index contributed by atoms with van der Waals surface area (Å²) < 4.78 is 5.38. The highest BCUT2D eigenvalue weighted by Crippen LogP contribution is 2.19. The van der Waals surface area contributed by atoms with Crippen LogP contribution in [-0.2, 0) is 11.3 Å². The number of hydrogen-bond acceptors (Lipinski definition) is 3. The van der Waals surface area contributed by atoms with E-state index in [2.05, 4.69) is 59.7 Å². The molecule has 5 nitrogen and oxygen atoms in total. The Morgan fingerprint density at radius 3 is 2.54 bits per heavy atom. The van der Waals surface area contributed by atoms with Crippen LogP contribution in [0.4, 0.5) is 16.2 Å². The van der Waals surface area contributed by atoms with Crippen LogP contribution in [-0.4, -0.2) is 32.3 Å². The third-order valence-electron chi connectivity index (χ3n) is 4.58. The first kappa shape index (κ1) is 18.3. The molecule has 3 rings (SSSR count). The van der Waals surface area contributed by atoms with Gasteiger partial charge in [-0.05, 0) is 41.3 Å². The van der Waals surface area contributed by atoms with Gasteiger partial charge in [0.15, 0.2) is 0 Å². The second-order valence-corrected chi connectivity index (χ2v) is 6.85. The summed E-state index contributed by atoms with van der Waals surface area (Å²) in [5, 5.41) is 5.81. The number of nitrogens with one attached hydrogen (secondary N) is 2. The number of morpholine rings is 1. The van der Waals surface area contributed by atoms with Crippen LogP contribution in [0.15, 0.2) is 48.5 Å². The Morgan fingerprint density at radius 2 is 1.85 bits per heavy atom. The van der Waals surface area contributed by atoms with E-state index in [1.807, 2.05) is 18.2 Å². The Hall–Kier alpha value is -2.53. The number of ether oxygens (including phenoxy) is 1. The topological polar surface area (TPSA) is 53.6 Å². The Balaban J connectivity index is 1.50. The van der Waals surface area contributed by atoms with Crippen molar-refractivity contribution in [2.24, 2.45) is 0 Å². The van der Waals surface area contributed by atoms with E-state index in [1.54, 1.807) is 0 Å². The van der Waals surface area contributed by atoms with Crippen LogP contribution < -0.4 is 15.5 Å². The van der Waals surface area contributed by atoms with Crippen LogP contribution in [0.1, 0.15) is 30.9 Å². The molecule has 1 aliphatic rings. The van der Waals surface area contributed by atoms with Gasteiger partial charge in [-0.1, -0.05) is 38.1 Å². The van der Waals surface area contributed by atoms with E-state index in [1.165, 1.54) is 11.3 Å². The molecule has 0 bridgehead atoms. The van der Waals surface area contributed by atoms with Crippen LogP contribution in [0.25, 0.3) is 0 Å². The van der Waals surface area contributed by atoms with Gasteiger partial charge in [0.05, 0.1) is 13.2 Å². The van der Waals surface area contributed by atoms with Crippen molar-refractivity contribution in [1.29, 1.82) is 0 Å². The van der Waals surface area contributed by atoms with Crippen LogP contribution in [0.2, 0.25) is 0 Å². The molecular formula is C21H27N3O2. The van der Waals surface area contributed by atoms with Crippen LogP contribution >= 0.6 is 0 Å². The highest BCUT2D eigenvalue weighted by molar-refractivity contribution is 5.89. The van der Waals surface area contributed by atoms with Crippen molar-refractivity contribution >= 4 is 17.4 Å². The van der Waals surface area contributed by atoms with Gasteiger partial charge in [-0.3, -0.25) is 0 Å². The summed E-state index contributed by atoms with van der Waals surface area (Å²) >= 11 is 0. The SMILES string of the molecule is CC(C)c1cccc(NC(=O)NCc2ccc(N3CCOCC3)cc2)c1. The lowest BCUT2D eigenvalue weighted by Gasteiger charge is -2.28. The van der Waals surface area contributed by atoms with Crippen molar-refractivity contribution in [3.63, 3.8) is 0 Å². The fraction of sp³-hybridized carbons (Fsp3) is 0.381. The summed E-state index contributed by atoms with van der Waals surface area (Å²) in [4.78, 5) is 14.5. The quantitative estimate of drug-likeness (QED) is 0.855. The van der Waals surface area contributed by atoms with E-state index < -0.39 is 0 Å². The number of anilines is 2. The van der Waals surface area contributed by atoms with Gasteiger partial charge in [-0.15, -0.1) is 0 Å². The molecule has 138 valence electrons. The number of urea groups is 1. The van der Waals surface area contributed by atoms with Crippen molar-refractivity contribution in [1.82, 2.24) is 5.32 Å². The highest BCUT2D eigenvalue weighted by atomic mass is 16.5. The van der Waals surface area contributed by atoms with E-state index in [-0.39, 0.29) is 6.03 Å². The molecule has 2 aromatic rings.